The fourth-order valence-electron chi connectivity index (χ4n) is 2.84. The molecule has 0 radical (unpaired) electrons. The fraction of sp³-hybridized carbons (Fsp3) is 0.571. The van der Waals surface area contributed by atoms with E-state index >= 15 is 0 Å². The first-order chi connectivity index (χ1) is 8.68. The van der Waals surface area contributed by atoms with Gasteiger partial charge in [-0.05, 0) is 25.2 Å². The number of para-hydroxylation sites is 1. The number of benzene rings is 1. The number of hydrogen-bond donors (Lipinski definition) is 1. The standard InChI is InChI=1S/C14H20N2O2/c15-13(11-6-2-1-3-7-11)10-12-8-4-5-9-14(12)16(17)18/h4-5,8-9,11,13H,1-3,6-7,10,15H2. The first-order valence-corrected chi connectivity index (χ1v) is 6.66. The van der Waals surface area contributed by atoms with Crippen LogP contribution < -0.4 is 5.73 Å². The van der Waals surface area contributed by atoms with Crippen molar-refractivity contribution in [1.82, 2.24) is 0 Å². The molecular weight excluding hydrogens is 228 g/mol. The molecule has 0 saturated heterocycles. The van der Waals surface area contributed by atoms with Crippen molar-refractivity contribution in [3.8, 4) is 0 Å². The van der Waals surface area contributed by atoms with Gasteiger partial charge in [-0.15, -0.1) is 0 Å². The Balaban J connectivity index is 2.06. The second kappa shape index (κ2) is 5.96. The van der Waals surface area contributed by atoms with Crippen LogP contribution in [-0.2, 0) is 6.42 Å². The lowest BCUT2D eigenvalue weighted by atomic mass is 9.82. The van der Waals surface area contributed by atoms with E-state index in [0.29, 0.717) is 12.3 Å². The van der Waals surface area contributed by atoms with Gasteiger partial charge in [0.1, 0.15) is 0 Å². The normalized spacial score (nSPS) is 18.5. The average molecular weight is 248 g/mol. The molecule has 1 atom stereocenters. The van der Waals surface area contributed by atoms with Crippen molar-refractivity contribution in [1.29, 1.82) is 0 Å². The summed E-state index contributed by atoms with van der Waals surface area (Å²) >= 11 is 0. The van der Waals surface area contributed by atoms with Crippen molar-refractivity contribution < 1.29 is 4.92 Å². The van der Waals surface area contributed by atoms with E-state index in [4.69, 9.17) is 5.73 Å². The molecule has 18 heavy (non-hydrogen) atoms. The topological polar surface area (TPSA) is 69.2 Å². The molecule has 1 saturated carbocycles. The summed E-state index contributed by atoms with van der Waals surface area (Å²) in [5.41, 5.74) is 7.19. The Morgan fingerprint density at radius 3 is 2.61 bits per heavy atom. The number of nitrogens with two attached hydrogens (primary N) is 1. The third-order valence-corrected chi connectivity index (χ3v) is 3.90. The molecule has 98 valence electrons. The van der Waals surface area contributed by atoms with Gasteiger partial charge in [-0.25, -0.2) is 0 Å². The van der Waals surface area contributed by atoms with Crippen LogP contribution in [0.1, 0.15) is 37.7 Å². The quantitative estimate of drug-likeness (QED) is 0.657. The highest BCUT2D eigenvalue weighted by Crippen LogP contribution is 2.28. The number of nitrogens with zero attached hydrogens (tertiary/aromatic N) is 1. The molecule has 2 rings (SSSR count). The zero-order valence-corrected chi connectivity index (χ0v) is 10.5. The predicted molar refractivity (Wildman–Crippen MR) is 71.4 cm³/mol. The molecule has 4 nitrogen and oxygen atoms in total. The second-order valence-corrected chi connectivity index (χ2v) is 5.15. The zero-order valence-electron chi connectivity index (χ0n) is 10.5. The van der Waals surface area contributed by atoms with E-state index in [9.17, 15) is 10.1 Å². The number of hydrogen-bond acceptors (Lipinski definition) is 3. The van der Waals surface area contributed by atoms with Crippen molar-refractivity contribution in [2.75, 3.05) is 0 Å². The highest BCUT2D eigenvalue weighted by Gasteiger charge is 2.23. The van der Waals surface area contributed by atoms with Crippen LogP contribution in [0.4, 0.5) is 5.69 Å². The molecule has 1 aromatic carbocycles. The van der Waals surface area contributed by atoms with Gasteiger partial charge >= 0.3 is 0 Å². The first kappa shape index (κ1) is 13.0. The molecule has 1 unspecified atom stereocenters. The number of rotatable bonds is 4. The monoisotopic (exact) mass is 248 g/mol. The predicted octanol–water partition coefficient (Wildman–Crippen LogP) is 3.04. The van der Waals surface area contributed by atoms with E-state index in [1.54, 1.807) is 12.1 Å². The molecule has 1 aromatic rings. The molecule has 0 aliphatic heterocycles. The van der Waals surface area contributed by atoms with Gasteiger partial charge in [0.05, 0.1) is 4.92 Å². The lowest BCUT2D eigenvalue weighted by molar-refractivity contribution is -0.385. The van der Waals surface area contributed by atoms with Crippen molar-refractivity contribution in [3.63, 3.8) is 0 Å². The minimum absolute atomic E-state index is 0.0476. The Bertz CT molecular complexity index is 414. The van der Waals surface area contributed by atoms with Crippen LogP contribution in [0.3, 0.4) is 0 Å². The summed E-state index contributed by atoms with van der Waals surface area (Å²) in [7, 11) is 0. The van der Waals surface area contributed by atoms with Gasteiger partial charge in [-0.1, -0.05) is 37.5 Å². The minimum atomic E-state index is -0.317. The summed E-state index contributed by atoms with van der Waals surface area (Å²) < 4.78 is 0. The van der Waals surface area contributed by atoms with Crippen LogP contribution in [-0.4, -0.2) is 11.0 Å². The van der Waals surface area contributed by atoms with Crippen LogP contribution >= 0.6 is 0 Å². The maximum Gasteiger partial charge on any atom is 0.272 e. The zero-order chi connectivity index (χ0) is 13.0. The third kappa shape index (κ3) is 3.07. The van der Waals surface area contributed by atoms with Gasteiger partial charge in [-0.3, -0.25) is 10.1 Å². The van der Waals surface area contributed by atoms with Crippen LogP contribution in [0.15, 0.2) is 24.3 Å². The van der Waals surface area contributed by atoms with Gasteiger partial charge in [0.15, 0.2) is 0 Å². The van der Waals surface area contributed by atoms with E-state index in [0.717, 1.165) is 5.56 Å². The highest BCUT2D eigenvalue weighted by atomic mass is 16.6. The summed E-state index contributed by atoms with van der Waals surface area (Å²) in [5.74, 6) is 0.526. The first-order valence-electron chi connectivity index (χ1n) is 6.66. The van der Waals surface area contributed by atoms with Crippen molar-refractivity contribution in [3.05, 3.63) is 39.9 Å². The molecule has 0 heterocycles. The van der Waals surface area contributed by atoms with E-state index in [2.05, 4.69) is 0 Å². The summed E-state index contributed by atoms with van der Waals surface area (Å²) in [6.07, 6.45) is 6.74. The summed E-state index contributed by atoms with van der Waals surface area (Å²) in [6, 6.07) is 6.97. The summed E-state index contributed by atoms with van der Waals surface area (Å²) in [5, 5.41) is 10.9. The third-order valence-electron chi connectivity index (χ3n) is 3.90. The van der Waals surface area contributed by atoms with E-state index in [-0.39, 0.29) is 16.7 Å². The highest BCUT2D eigenvalue weighted by molar-refractivity contribution is 5.40. The maximum atomic E-state index is 10.9. The Kier molecular flexibility index (Phi) is 4.31. The van der Waals surface area contributed by atoms with E-state index in [1.807, 2.05) is 12.1 Å². The molecule has 0 bridgehead atoms. The van der Waals surface area contributed by atoms with Crippen LogP contribution in [0.5, 0.6) is 0 Å². The van der Waals surface area contributed by atoms with Gasteiger partial charge in [0.2, 0.25) is 0 Å². The molecule has 4 heteroatoms. The molecule has 0 spiro atoms. The second-order valence-electron chi connectivity index (χ2n) is 5.15. The summed E-state index contributed by atoms with van der Waals surface area (Å²) in [4.78, 5) is 10.6. The van der Waals surface area contributed by atoms with Crippen molar-refractivity contribution >= 4 is 5.69 Å². The Morgan fingerprint density at radius 2 is 1.94 bits per heavy atom. The molecular formula is C14H20N2O2. The number of nitro benzene ring substituents is 1. The Morgan fingerprint density at radius 1 is 1.28 bits per heavy atom. The van der Waals surface area contributed by atoms with E-state index < -0.39 is 0 Å². The van der Waals surface area contributed by atoms with E-state index in [1.165, 1.54) is 32.1 Å². The van der Waals surface area contributed by atoms with Gasteiger partial charge < -0.3 is 5.73 Å². The fourth-order valence-corrected chi connectivity index (χ4v) is 2.84. The van der Waals surface area contributed by atoms with Gasteiger partial charge in [0.25, 0.3) is 5.69 Å². The van der Waals surface area contributed by atoms with Crippen molar-refractivity contribution in [2.24, 2.45) is 11.7 Å². The lowest BCUT2D eigenvalue weighted by Gasteiger charge is -2.27. The molecule has 0 amide bonds. The average Bonchev–Trinajstić information content (AvgIpc) is 2.40. The SMILES string of the molecule is NC(Cc1ccccc1[N+](=O)[O-])C1CCCCC1. The van der Waals surface area contributed by atoms with Gasteiger partial charge in [0, 0.05) is 17.7 Å². The smallest absolute Gasteiger partial charge is 0.272 e. The maximum absolute atomic E-state index is 10.9. The molecule has 1 fully saturated rings. The van der Waals surface area contributed by atoms with Gasteiger partial charge in [-0.2, -0.15) is 0 Å². The van der Waals surface area contributed by atoms with Crippen LogP contribution in [0, 0.1) is 16.0 Å². The minimum Gasteiger partial charge on any atom is -0.327 e. The molecule has 0 aromatic heterocycles. The van der Waals surface area contributed by atoms with Crippen LogP contribution in [0.25, 0.3) is 0 Å². The Hall–Kier alpha value is -1.42. The largest absolute Gasteiger partial charge is 0.327 e. The lowest BCUT2D eigenvalue weighted by Crippen LogP contribution is -2.33. The number of nitro groups is 1. The molecule has 2 N–H and O–H groups in total. The van der Waals surface area contributed by atoms with Crippen LogP contribution in [0.2, 0.25) is 0 Å². The molecule has 1 aliphatic rings. The van der Waals surface area contributed by atoms with Crippen molar-refractivity contribution in [2.45, 2.75) is 44.6 Å². The summed E-state index contributed by atoms with van der Waals surface area (Å²) in [6.45, 7) is 0. The Labute approximate surface area is 107 Å². The molecule has 1 aliphatic carbocycles.